The van der Waals surface area contributed by atoms with E-state index in [0.29, 0.717) is 44.1 Å². The van der Waals surface area contributed by atoms with Crippen LogP contribution in [0.25, 0.3) is 0 Å². The number of hydrogen-bond donors (Lipinski definition) is 1. The third-order valence-electron chi connectivity index (χ3n) is 4.16. The Labute approximate surface area is 122 Å². The summed E-state index contributed by atoms with van der Waals surface area (Å²) in [5, 5.41) is 3.27. The Morgan fingerprint density at radius 3 is 3.00 bits per heavy atom. The summed E-state index contributed by atoms with van der Waals surface area (Å²) in [6.45, 7) is 4.63. The fraction of sp³-hybridized carbons (Fsp3) is 0.643. The molecule has 0 bridgehead atoms. The second-order valence-corrected chi connectivity index (χ2v) is 5.63. The number of ether oxygens (including phenoxy) is 1. The molecule has 1 saturated heterocycles. The van der Waals surface area contributed by atoms with Gasteiger partial charge in [0.05, 0.1) is 37.6 Å². The van der Waals surface area contributed by atoms with Crippen molar-refractivity contribution in [2.75, 3.05) is 19.8 Å². The first-order valence-corrected chi connectivity index (χ1v) is 7.20. The van der Waals surface area contributed by atoms with E-state index in [2.05, 4.69) is 10.3 Å². The van der Waals surface area contributed by atoms with Crippen LogP contribution >= 0.6 is 0 Å². The Bertz CT molecular complexity index is 619. The molecule has 1 unspecified atom stereocenters. The van der Waals surface area contributed by atoms with Gasteiger partial charge in [-0.25, -0.2) is 4.98 Å². The van der Waals surface area contributed by atoms with Gasteiger partial charge < -0.3 is 15.0 Å². The van der Waals surface area contributed by atoms with Crippen LogP contribution in [0, 0.1) is 6.92 Å². The molecular formula is C14H20N4O3. The Hall–Kier alpha value is -1.73. The first-order valence-electron chi connectivity index (χ1n) is 7.20. The number of carbonyl (C=O) groups excluding carboxylic acids is 1. The summed E-state index contributed by atoms with van der Waals surface area (Å²) in [4.78, 5) is 30.7. The highest BCUT2D eigenvalue weighted by molar-refractivity contribution is 5.77. The lowest BCUT2D eigenvalue weighted by atomic mass is 10.2. The molecule has 0 aliphatic carbocycles. The normalized spacial score (nSPS) is 21.4. The fourth-order valence-corrected chi connectivity index (χ4v) is 2.79. The molecule has 0 spiro atoms. The van der Waals surface area contributed by atoms with Gasteiger partial charge in [0.2, 0.25) is 5.91 Å². The summed E-state index contributed by atoms with van der Waals surface area (Å²) in [5.74, 6) is 0.714. The molecular weight excluding hydrogens is 272 g/mol. The Morgan fingerprint density at radius 2 is 2.29 bits per heavy atom. The molecule has 1 aromatic heterocycles. The average molecular weight is 292 g/mol. The first-order chi connectivity index (χ1) is 10.1. The van der Waals surface area contributed by atoms with Crippen LogP contribution in [0.2, 0.25) is 0 Å². The number of hydrogen-bond acceptors (Lipinski definition) is 5. The van der Waals surface area contributed by atoms with E-state index in [0.717, 1.165) is 12.2 Å². The van der Waals surface area contributed by atoms with Gasteiger partial charge in [0.15, 0.2) is 0 Å². The van der Waals surface area contributed by atoms with Crippen molar-refractivity contribution in [2.24, 2.45) is 7.05 Å². The van der Waals surface area contributed by atoms with Gasteiger partial charge in [-0.3, -0.25) is 14.2 Å². The Morgan fingerprint density at radius 1 is 1.48 bits per heavy atom. The van der Waals surface area contributed by atoms with E-state index in [1.165, 1.54) is 4.57 Å². The summed E-state index contributed by atoms with van der Waals surface area (Å²) >= 11 is 0. The second kappa shape index (κ2) is 5.57. The van der Waals surface area contributed by atoms with E-state index in [9.17, 15) is 9.59 Å². The lowest BCUT2D eigenvalue weighted by Gasteiger charge is -2.25. The number of aryl methyl sites for hydroxylation is 1. The zero-order chi connectivity index (χ0) is 15.0. The van der Waals surface area contributed by atoms with E-state index in [1.54, 1.807) is 18.9 Å². The molecule has 21 heavy (non-hydrogen) atoms. The predicted octanol–water partition coefficient (Wildman–Crippen LogP) is -0.691. The minimum atomic E-state index is -0.0491. The molecule has 2 aliphatic heterocycles. The molecule has 1 N–H and O–H groups in total. The summed E-state index contributed by atoms with van der Waals surface area (Å²) in [7, 11) is 1.71. The number of morpholine rings is 1. The molecule has 3 rings (SSSR count). The van der Waals surface area contributed by atoms with Crippen molar-refractivity contribution >= 4 is 5.91 Å². The van der Waals surface area contributed by atoms with Crippen molar-refractivity contribution < 1.29 is 9.53 Å². The Balaban J connectivity index is 1.71. The highest BCUT2D eigenvalue weighted by atomic mass is 16.5. The maximum Gasteiger partial charge on any atom is 0.258 e. The molecule has 1 aromatic rings. The molecule has 0 saturated carbocycles. The molecule has 7 heteroatoms. The maximum absolute atomic E-state index is 12.4. The van der Waals surface area contributed by atoms with Crippen LogP contribution in [-0.4, -0.2) is 46.2 Å². The number of nitrogens with one attached hydrogen (secondary N) is 1. The van der Waals surface area contributed by atoms with Gasteiger partial charge in [0.1, 0.15) is 5.82 Å². The summed E-state index contributed by atoms with van der Waals surface area (Å²) in [6.07, 6.45) is 0.396. The molecule has 1 atom stereocenters. The SMILES string of the molecule is Cc1nc2c(c(=O)n1C)CN(C(=O)CC1COCCN1)C2. The molecule has 114 valence electrons. The smallest absolute Gasteiger partial charge is 0.258 e. The van der Waals surface area contributed by atoms with Crippen LogP contribution < -0.4 is 10.9 Å². The zero-order valence-electron chi connectivity index (χ0n) is 12.4. The van der Waals surface area contributed by atoms with Crippen LogP contribution in [0.15, 0.2) is 4.79 Å². The van der Waals surface area contributed by atoms with Crippen molar-refractivity contribution in [1.82, 2.24) is 19.8 Å². The highest BCUT2D eigenvalue weighted by Gasteiger charge is 2.29. The van der Waals surface area contributed by atoms with Crippen LogP contribution in [0.3, 0.4) is 0 Å². The van der Waals surface area contributed by atoms with E-state index < -0.39 is 0 Å². The molecule has 0 aromatic carbocycles. The minimum Gasteiger partial charge on any atom is -0.378 e. The topological polar surface area (TPSA) is 76.5 Å². The van der Waals surface area contributed by atoms with Gasteiger partial charge in [0.25, 0.3) is 5.56 Å². The molecule has 1 fully saturated rings. The number of carbonyl (C=O) groups is 1. The van der Waals surface area contributed by atoms with Crippen LogP contribution in [0.4, 0.5) is 0 Å². The van der Waals surface area contributed by atoms with Crippen molar-refractivity contribution in [2.45, 2.75) is 32.5 Å². The third-order valence-corrected chi connectivity index (χ3v) is 4.16. The lowest BCUT2D eigenvalue weighted by molar-refractivity contribution is -0.133. The quantitative estimate of drug-likeness (QED) is 0.781. The van der Waals surface area contributed by atoms with E-state index >= 15 is 0 Å². The third kappa shape index (κ3) is 2.71. The van der Waals surface area contributed by atoms with Gasteiger partial charge in [0, 0.05) is 26.1 Å². The Kier molecular flexibility index (Phi) is 3.77. The summed E-state index contributed by atoms with van der Waals surface area (Å²) in [5.41, 5.74) is 1.33. The molecule has 7 nitrogen and oxygen atoms in total. The van der Waals surface area contributed by atoms with E-state index in [4.69, 9.17) is 4.74 Å². The molecule has 0 radical (unpaired) electrons. The van der Waals surface area contributed by atoms with Crippen molar-refractivity contribution in [3.05, 3.63) is 27.4 Å². The number of amides is 1. The maximum atomic E-state index is 12.4. The van der Waals surface area contributed by atoms with E-state index in [1.807, 2.05) is 0 Å². The van der Waals surface area contributed by atoms with Gasteiger partial charge in [-0.05, 0) is 6.92 Å². The van der Waals surface area contributed by atoms with Gasteiger partial charge >= 0.3 is 0 Å². The van der Waals surface area contributed by atoms with E-state index in [-0.39, 0.29) is 17.5 Å². The van der Waals surface area contributed by atoms with Gasteiger partial charge in [-0.15, -0.1) is 0 Å². The summed E-state index contributed by atoms with van der Waals surface area (Å²) < 4.78 is 6.89. The van der Waals surface area contributed by atoms with Gasteiger partial charge in [-0.1, -0.05) is 0 Å². The highest BCUT2D eigenvalue weighted by Crippen LogP contribution is 2.19. The number of nitrogens with zero attached hydrogens (tertiary/aromatic N) is 3. The number of aromatic nitrogens is 2. The first kappa shape index (κ1) is 14.2. The predicted molar refractivity (Wildman–Crippen MR) is 75.7 cm³/mol. The minimum absolute atomic E-state index is 0.0377. The largest absolute Gasteiger partial charge is 0.378 e. The zero-order valence-corrected chi connectivity index (χ0v) is 12.4. The van der Waals surface area contributed by atoms with Crippen LogP contribution in [-0.2, 0) is 29.7 Å². The summed E-state index contributed by atoms with van der Waals surface area (Å²) in [6, 6.07) is 0.0625. The van der Waals surface area contributed by atoms with Gasteiger partial charge in [-0.2, -0.15) is 0 Å². The number of fused-ring (bicyclic) bond motifs is 1. The molecule has 3 heterocycles. The monoisotopic (exact) mass is 292 g/mol. The van der Waals surface area contributed by atoms with Crippen molar-refractivity contribution in [3.63, 3.8) is 0 Å². The lowest BCUT2D eigenvalue weighted by Crippen LogP contribution is -2.44. The standard InChI is InChI=1S/C14H20N4O3/c1-9-16-12-7-18(6-11(12)14(20)17(9)2)13(19)5-10-8-21-4-3-15-10/h10,15H,3-8H2,1-2H3. The number of rotatable bonds is 2. The van der Waals surface area contributed by atoms with Crippen molar-refractivity contribution in [1.29, 1.82) is 0 Å². The fourth-order valence-electron chi connectivity index (χ4n) is 2.79. The second-order valence-electron chi connectivity index (χ2n) is 5.63. The van der Waals surface area contributed by atoms with Crippen LogP contribution in [0.5, 0.6) is 0 Å². The molecule has 1 amide bonds. The average Bonchev–Trinajstić information content (AvgIpc) is 2.90. The van der Waals surface area contributed by atoms with Crippen molar-refractivity contribution in [3.8, 4) is 0 Å². The molecule has 2 aliphatic rings. The van der Waals surface area contributed by atoms with Crippen LogP contribution in [0.1, 0.15) is 23.5 Å².